The summed E-state index contributed by atoms with van der Waals surface area (Å²) < 4.78 is 13.1. The number of hydrogen-bond donors (Lipinski definition) is 1. The Bertz CT molecular complexity index is 324. The SMILES string of the molecule is CCNC1CCC(c2cccc(F)c2)C1. The quantitative estimate of drug-likeness (QED) is 0.803. The molecule has 15 heavy (non-hydrogen) atoms. The lowest BCUT2D eigenvalue weighted by Crippen LogP contribution is -2.25. The van der Waals surface area contributed by atoms with E-state index in [0.717, 1.165) is 18.5 Å². The van der Waals surface area contributed by atoms with Crippen molar-refractivity contribution >= 4 is 0 Å². The Balaban J connectivity index is 2.01. The molecule has 1 aromatic carbocycles. The molecule has 0 heterocycles. The van der Waals surface area contributed by atoms with E-state index in [1.165, 1.54) is 18.9 Å². The van der Waals surface area contributed by atoms with Gasteiger partial charge < -0.3 is 5.32 Å². The van der Waals surface area contributed by atoms with Crippen LogP contribution < -0.4 is 5.32 Å². The molecule has 2 unspecified atom stereocenters. The van der Waals surface area contributed by atoms with Crippen LogP contribution in [0.5, 0.6) is 0 Å². The van der Waals surface area contributed by atoms with Gasteiger partial charge in [-0.1, -0.05) is 19.1 Å². The van der Waals surface area contributed by atoms with E-state index in [4.69, 9.17) is 0 Å². The lowest BCUT2D eigenvalue weighted by Gasteiger charge is -2.12. The Labute approximate surface area is 90.7 Å². The molecule has 0 radical (unpaired) electrons. The van der Waals surface area contributed by atoms with Gasteiger partial charge in [0.1, 0.15) is 5.82 Å². The molecule has 0 bridgehead atoms. The lowest BCUT2D eigenvalue weighted by molar-refractivity contribution is 0.534. The second-order valence-corrected chi connectivity index (χ2v) is 4.32. The monoisotopic (exact) mass is 207 g/mol. The average Bonchev–Trinajstić information content (AvgIpc) is 2.67. The maximum absolute atomic E-state index is 13.1. The molecular weight excluding hydrogens is 189 g/mol. The summed E-state index contributed by atoms with van der Waals surface area (Å²) in [7, 11) is 0. The van der Waals surface area contributed by atoms with Crippen LogP contribution >= 0.6 is 0 Å². The van der Waals surface area contributed by atoms with Crippen molar-refractivity contribution in [3.05, 3.63) is 35.6 Å². The molecule has 2 heteroatoms. The van der Waals surface area contributed by atoms with Crippen molar-refractivity contribution in [2.24, 2.45) is 0 Å². The average molecular weight is 207 g/mol. The maximum Gasteiger partial charge on any atom is 0.123 e. The summed E-state index contributed by atoms with van der Waals surface area (Å²) in [5.41, 5.74) is 1.16. The number of nitrogens with one attached hydrogen (secondary N) is 1. The fraction of sp³-hybridized carbons (Fsp3) is 0.538. The predicted octanol–water partition coefficient (Wildman–Crippen LogP) is 3.07. The Morgan fingerprint density at radius 3 is 3.00 bits per heavy atom. The first-order valence-corrected chi connectivity index (χ1v) is 5.78. The highest BCUT2D eigenvalue weighted by Gasteiger charge is 2.25. The van der Waals surface area contributed by atoms with Gasteiger partial charge in [0, 0.05) is 6.04 Å². The van der Waals surface area contributed by atoms with Gasteiger partial charge in [-0.25, -0.2) is 4.39 Å². The summed E-state index contributed by atoms with van der Waals surface area (Å²) in [5, 5.41) is 3.47. The molecule has 1 saturated carbocycles. The minimum atomic E-state index is -0.112. The van der Waals surface area contributed by atoms with Crippen LogP contribution in [0.3, 0.4) is 0 Å². The highest BCUT2D eigenvalue weighted by atomic mass is 19.1. The number of benzene rings is 1. The van der Waals surface area contributed by atoms with Crippen LogP contribution in [0, 0.1) is 5.82 Å². The van der Waals surface area contributed by atoms with Crippen molar-refractivity contribution in [3.63, 3.8) is 0 Å². The summed E-state index contributed by atoms with van der Waals surface area (Å²) in [6.45, 7) is 3.16. The lowest BCUT2D eigenvalue weighted by atomic mass is 9.97. The number of rotatable bonds is 3. The summed E-state index contributed by atoms with van der Waals surface area (Å²) in [6, 6.07) is 7.68. The molecule has 0 aliphatic heterocycles. The second kappa shape index (κ2) is 4.75. The van der Waals surface area contributed by atoms with E-state index in [1.54, 1.807) is 6.07 Å². The molecule has 1 nitrogen and oxygen atoms in total. The minimum absolute atomic E-state index is 0.112. The first-order chi connectivity index (χ1) is 7.29. The standard InChI is InChI=1S/C13H18FN/c1-2-15-13-7-6-11(9-13)10-4-3-5-12(14)8-10/h3-5,8,11,13,15H,2,6-7,9H2,1H3. The normalized spacial score (nSPS) is 25.7. The Morgan fingerprint density at radius 1 is 1.40 bits per heavy atom. The zero-order valence-corrected chi connectivity index (χ0v) is 9.17. The van der Waals surface area contributed by atoms with Gasteiger partial charge in [-0.05, 0) is 49.4 Å². The van der Waals surface area contributed by atoms with Crippen molar-refractivity contribution in [2.45, 2.75) is 38.1 Å². The highest BCUT2D eigenvalue weighted by Crippen LogP contribution is 2.34. The molecule has 1 aliphatic carbocycles. The smallest absolute Gasteiger partial charge is 0.123 e. The molecule has 0 amide bonds. The Kier molecular flexibility index (Phi) is 3.37. The molecule has 2 atom stereocenters. The van der Waals surface area contributed by atoms with E-state index in [1.807, 2.05) is 12.1 Å². The van der Waals surface area contributed by atoms with Gasteiger partial charge in [-0.2, -0.15) is 0 Å². The van der Waals surface area contributed by atoms with Gasteiger partial charge in [0.25, 0.3) is 0 Å². The van der Waals surface area contributed by atoms with Crippen molar-refractivity contribution in [1.82, 2.24) is 5.32 Å². The van der Waals surface area contributed by atoms with Gasteiger partial charge in [-0.3, -0.25) is 0 Å². The molecular formula is C13H18FN. The van der Waals surface area contributed by atoms with E-state index < -0.39 is 0 Å². The summed E-state index contributed by atoms with van der Waals surface area (Å²) in [5.74, 6) is 0.434. The Hall–Kier alpha value is -0.890. The van der Waals surface area contributed by atoms with Gasteiger partial charge in [0.05, 0.1) is 0 Å². The summed E-state index contributed by atoms with van der Waals surface area (Å²) in [4.78, 5) is 0. The van der Waals surface area contributed by atoms with Crippen LogP contribution in [0.15, 0.2) is 24.3 Å². The molecule has 1 aromatic rings. The van der Waals surface area contributed by atoms with Crippen LogP contribution in [-0.2, 0) is 0 Å². The minimum Gasteiger partial charge on any atom is -0.314 e. The Morgan fingerprint density at radius 2 is 2.27 bits per heavy atom. The van der Waals surface area contributed by atoms with Gasteiger partial charge >= 0.3 is 0 Å². The third-order valence-electron chi connectivity index (χ3n) is 3.25. The van der Waals surface area contributed by atoms with Crippen LogP contribution in [0.4, 0.5) is 4.39 Å². The third-order valence-corrected chi connectivity index (χ3v) is 3.25. The summed E-state index contributed by atoms with van der Waals surface area (Å²) in [6.07, 6.45) is 3.55. The third kappa shape index (κ3) is 2.57. The molecule has 1 fully saturated rings. The van der Waals surface area contributed by atoms with Crippen LogP contribution in [0.1, 0.15) is 37.7 Å². The van der Waals surface area contributed by atoms with Gasteiger partial charge in [0.15, 0.2) is 0 Å². The van der Waals surface area contributed by atoms with Crippen molar-refractivity contribution < 1.29 is 4.39 Å². The van der Waals surface area contributed by atoms with Gasteiger partial charge in [0.2, 0.25) is 0 Å². The zero-order chi connectivity index (χ0) is 10.7. The van der Waals surface area contributed by atoms with Crippen molar-refractivity contribution in [1.29, 1.82) is 0 Å². The largest absolute Gasteiger partial charge is 0.314 e. The molecule has 0 saturated heterocycles. The topological polar surface area (TPSA) is 12.0 Å². The highest BCUT2D eigenvalue weighted by molar-refractivity contribution is 5.22. The number of hydrogen-bond acceptors (Lipinski definition) is 1. The molecule has 0 spiro atoms. The van der Waals surface area contributed by atoms with E-state index in [9.17, 15) is 4.39 Å². The van der Waals surface area contributed by atoms with Crippen LogP contribution in [0.2, 0.25) is 0 Å². The zero-order valence-electron chi connectivity index (χ0n) is 9.17. The van der Waals surface area contributed by atoms with Crippen LogP contribution in [-0.4, -0.2) is 12.6 Å². The van der Waals surface area contributed by atoms with E-state index in [2.05, 4.69) is 12.2 Å². The fourth-order valence-electron chi connectivity index (χ4n) is 2.52. The molecule has 1 aliphatic rings. The first-order valence-electron chi connectivity index (χ1n) is 5.78. The van der Waals surface area contributed by atoms with E-state index >= 15 is 0 Å². The fourth-order valence-corrected chi connectivity index (χ4v) is 2.52. The molecule has 1 N–H and O–H groups in total. The number of halogens is 1. The molecule has 82 valence electrons. The maximum atomic E-state index is 13.1. The summed E-state index contributed by atoms with van der Waals surface area (Å²) >= 11 is 0. The van der Waals surface area contributed by atoms with Crippen molar-refractivity contribution in [3.8, 4) is 0 Å². The predicted molar refractivity (Wildman–Crippen MR) is 60.5 cm³/mol. The molecule has 0 aromatic heterocycles. The van der Waals surface area contributed by atoms with E-state index in [0.29, 0.717) is 12.0 Å². The van der Waals surface area contributed by atoms with Gasteiger partial charge in [-0.15, -0.1) is 0 Å². The van der Waals surface area contributed by atoms with Crippen molar-refractivity contribution in [2.75, 3.05) is 6.54 Å². The second-order valence-electron chi connectivity index (χ2n) is 4.32. The first kappa shape index (κ1) is 10.6. The van der Waals surface area contributed by atoms with Crippen LogP contribution in [0.25, 0.3) is 0 Å². The van der Waals surface area contributed by atoms with E-state index in [-0.39, 0.29) is 5.82 Å². The molecule has 2 rings (SSSR count).